The maximum atomic E-state index is 12.9. The lowest BCUT2D eigenvalue weighted by molar-refractivity contribution is -0.130. The summed E-state index contributed by atoms with van der Waals surface area (Å²) in [6, 6.07) is 7.30. The van der Waals surface area contributed by atoms with Gasteiger partial charge in [0.15, 0.2) is 0 Å². The van der Waals surface area contributed by atoms with E-state index in [2.05, 4.69) is 16.0 Å². The highest BCUT2D eigenvalue weighted by Gasteiger charge is 2.39. The number of piperidine rings is 1. The molecule has 0 radical (unpaired) electrons. The van der Waals surface area contributed by atoms with Crippen molar-refractivity contribution < 1.29 is 14.3 Å². The fourth-order valence-electron chi connectivity index (χ4n) is 3.35. The average Bonchev–Trinajstić information content (AvgIpc) is 3.02. The summed E-state index contributed by atoms with van der Waals surface area (Å²) in [5.41, 5.74) is 0.987. The van der Waals surface area contributed by atoms with E-state index in [4.69, 9.17) is 4.74 Å². The molecule has 0 aliphatic carbocycles. The second-order valence-corrected chi connectivity index (χ2v) is 6.35. The first-order chi connectivity index (χ1) is 11.6. The molecule has 1 aromatic carbocycles. The minimum absolute atomic E-state index is 0.0196. The van der Waals surface area contributed by atoms with Crippen molar-refractivity contribution in [1.82, 2.24) is 10.6 Å². The number of nitrogens with zero attached hydrogens (tertiary/aromatic N) is 1. The van der Waals surface area contributed by atoms with Crippen LogP contribution < -0.4 is 20.9 Å². The van der Waals surface area contributed by atoms with Crippen molar-refractivity contribution in [3.05, 3.63) is 24.3 Å². The molecule has 3 amide bonds. The summed E-state index contributed by atoms with van der Waals surface area (Å²) in [6.07, 6.45) is 1.50. The lowest BCUT2D eigenvalue weighted by Crippen LogP contribution is -2.47. The van der Waals surface area contributed by atoms with E-state index in [1.54, 1.807) is 12.0 Å². The fraction of sp³-hybridized carbons (Fsp3) is 0.529. The summed E-state index contributed by atoms with van der Waals surface area (Å²) in [6.45, 7) is 3.30. The molecule has 1 aromatic rings. The molecule has 3 N–H and O–H groups in total. The van der Waals surface area contributed by atoms with Crippen LogP contribution in [0.15, 0.2) is 24.3 Å². The molecule has 2 saturated heterocycles. The van der Waals surface area contributed by atoms with Crippen molar-refractivity contribution in [1.29, 1.82) is 0 Å². The zero-order valence-electron chi connectivity index (χ0n) is 13.9. The van der Waals surface area contributed by atoms with Gasteiger partial charge in [0.25, 0.3) is 0 Å². The number of rotatable bonds is 5. The summed E-state index contributed by atoms with van der Waals surface area (Å²) in [5, 5.41) is 9.07. The molecular formula is C17H24N4O3. The number of carbonyl (C=O) groups is 2. The number of carbonyl (C=O) groups excluding carboxylic acids is 2. The lowest BCUT2D eigenvalue weighted by atomic mass is 9.78. The molecule has 0 unspecified atom stereocenters. The average molecular weight is 332 g/mol. The standard InChI is InChI=1S/C17H24N4O3/c1-24-12-17(5-7-18-8-6-17)15(22)20-13-3-2-4-14(11-13)21-10-9-19-16(21)23/h2-4,11,18H,5-10,12H2,1H3,(H,19,23)(H,20,22). The molecular weight excluding hydrogens is 308 g/mol. The number of anilines is 2. The minimum Gasteiger partial charge on any atom is -0.384 e. The first-order valence-corrected chi connectivity index (χ1v) is 8.31. The quantitative estimate of drug-likeness (QED) is 0.756. The van der Waals surface area contributed by atoms with Gasteiger partial charge >= 0.3 is 6.03 Å². The monoisotopic (exact) mass is 332 g/mol. The van der Waals surface area contributed by atoms with Gasteiger partial charge in [0.05, 0.1) is 12.0 Å². The number of urea groups is 1. The third-order valence-corrected chi connectivity index (χ3v) is 4.74. The molecule has 2 aliphatic rings. The van der Waals surface area contributed by atoms with E-state index >= 15 is 0 Å². The summed E-state index contributed by atoms with van der Waals surface area (Å²) < 4.78 is 5.31. The molecule has 0 bridgehead atoms. The third kappa shape index (κ3) is 3.37. The molecule has 2 fully saturated rings. The molecule has 2 aliphatic heterocycles. The molecule has 0 atom stereocenters. The van der Waals surface area contributed by atoms with Gasteiger partial charge in [-0.15, -0.1) is 0 Å². The van der Waals surface area contributed by atoms with Crippen LogP contribution >= 0.6 is 0 Å². The summed E-state index contributed by atoms with van der Waals surface area (Å²) in [4.78, 5) is 26.3. The Morgan fingerprint density at radius 1 is 1.33 bits per heavy atom. The Morgan fingerprint density at radius 3 is 2.79 bits per heavy atom. The highest BCUT2D eigenvalue weighted by Crippen LogP contribution is 2.31. The molecule has 24 heavy (non-hydrogen) atoms. The van der Waals surface area contributed by atoms with Crippen LogP contribution in [0.5, 0.6) is 0 Å². The van der Waals surface area contributed by atoms with E-state index in [9.17, 15) is 9.59 Å². The van der Waals surface area contributed by atoms with Crippen molar-refractivity contribution in [2.75, 3.05) is 50.1 Å². The van der Waals surface area contributed by atoms with Gasteiger partial charge in [-0.2, -0.15) is 0 Å². The van der Waals surface area contributed by atoms with Crippen molar-refractivity contribution in [2.24, 2.45) is 5.41 Å². The maximum Gasteiger partial charge on any atom is 0.321 e. The van der Waals surface area contributed by atoms with Crippen molar-refractivity contribution in [2.45, 2.75) is 12.8 Å². The Labute approximate surface area is 141 Å². The zero-order chi connectivity index (χ0) is 17.0. The highest BCUT2D eigenvalue weighted by molar-refractivity contribution is 5.98. The predicted molar refractivity (Wildman–Crippen MR) is 92.2 cm³/mol. The van der Waals surface area contributed by atoms with Gasteiger partial charge in [0.1, 0.15) is 0 Å². The van der Waals surface area contributed by atoms with Crippen LogP contribution in [0.3, 0.4) is 0 Å². The highest BCUT2D eigenvalue weighted by atomic mass is 16.5. The first-order valence-electron chi connectivity index (χ1n) is 8.31. The molecule has 0 saturated carbocycles. The lowest BCUT2D eigenvalue weighted by Gasteiger charge is -2.35. The Bertz CT molecular complexity index is 608. The predicted octanol–water partition coefficient (Wildman–Crippen LogP) is 1.17. The second-order valence-electron chi connectivity index (χ2n) is 6.35. The van der Waals surface area contributed by atoms with E-state index in [0.29, 0.717) is 25.4 Å². The van der Waals surface area contributed by atoms with Crippen LogP contribution in [-0.2, 0) is 9.53 Å². The number of ether oxygens (including phenoxy) is 1. The fourth-order valence-corrected chi connectivity index (χ4v) is 3.35. The van der Waals surface area contributed by atoms with E-state index in [1.165, 1.54) is 0 Å². The van der Waals surface area contributed by atoms with Crippen LogP contribution in [0.1, 0.15) is 12.8 Å². The topological polar surface area (TPSA) is 82.7 Å². The molecule has 7 nitrogen and oxygen atoms in total. The first kappa shape index (κ1) is 16.7. The SMILES string of the molecule is COCC1(C(=O)Nc2cccc(N3CCNC3=O)c2)CCNCC1. The largest absolute Gasteiger partial charge is 0.384 e. The molecule has 130 valence electrons. The number of hydrogen-bond acceptors (Lipinski definition) is 4. The number of hydrogen-bond donors (Lipinski definition) is 3. The summed E-state index contributed by atoms with van der Waals surface area (Å²) in [7, 11) is 1.63. The molecule has 2 heterocycles. The third-order valence-electron chi connectivity index (χ3n) is 4.74. The van der Waals surface area contributed by atoms with Gasteiger partial charge in [0.2, 0.25) is 5.91 Å². The number of methoxy groups -OCH3 is 1. The van der Waals surface area contributed by atoms with E-state index < -0.39 is 5.41 Å². The van der Waals surface area contributed by atoms with Crippen LogP contribution in [0.2, 0.25) is 0 Å². The molecule has 3 rings (SSSR count). The van der Waals surface area contributed by atoms with Crippen LogP contribution in [0, 0.1) is 5.41 Å². The Morgan fingerprint density at radius 2 is 2.12 bits per heavy atom. The van der Waals surface area contributed by atoms with E-state index in [-0.39, 0.29) is 11.9 Å². The van der Waals surface area contributed by atoms with Gasteiger partial charge in [-0.25, -0.2) is 4.79 Å². The normalized spacial score (nSPS) is 19.9. The van der Waals surface area contributed by atoms with Crippen molar-refractivity contribution in [3.8, 4) is 0 Å². The van der Waals surface area contributed by atoms with Crippen molar-refractivity contribution in [3.63, 3.8) is 0 Å². The van der Waals surface area contributed by atoms with E-state index in [1.807, 2.05) is 24.3 Å². The van der Waals surface area contributed by atoms with Gasteiger partial charge in [-0.3, -0.25) is 9.69 Å². The molecule has 0 aromatic heterocycles. The Kier molecular flexibility index (Phi) is 5.01. The number of benzene rings is 1. The summed E-state index contributed by atoms with van der Waals surface area (Å²) >= 11 is 0. The smallest absolute Gasteiger partial charge is 0.321 e. The Hall–Kier alpha value is -2.12. The van der Waals surface area contributed by atoms with Crippen molar-refractivity contribution >= 4 is 23.3 Å². The Balaban J connectivity index is 1.75. The minimum atomic E-state index is -0.499. The second kappa shape index (κ2) is 7.19. The zero-order valence-corrected chi connectivity index (χ0v) is 13.9. The molecule has 7 heteroatoms. The van der Waals surface area contributed by atoms with Gasteiger partial charge in [-0.1, -0.05) is 6.07 Å². The van der Waals surface area contributed by atoms with Crippen LogP contribution in [0.4, 0.5) is 16.2 Å². The van der Waals surface area contributed by atoms with Crippen LogP contribution in [0.25, 0.3) is 0 Å². The van der Waals surface area contributed by atoms with Gasteiger partial charge in [-0.05, 0) is 44.1 Å². The van der Waals surface area contributed by atoms with Gasteiger partial charge < -0.3 is 20.7 Å². The van der Waals surface area contributed by atoms with E-state index in [0.717, 1.165) is 31.6 Å². The number of nitrogens with one attached hydrogen (secondary N) is 3. The molecule has 0 spiro atoms. The summed E-state index contributed by atoms with van der Waals surface area (Å²) in [5.74, 6) is -0.0196. The maximum absolute atomic E-state index is 12.9. The van der Waals surface area contributed by atoms with Crippen LogP contribution in [-0.4, -0.2) is 51.8 Å². The number of amides is 3. The van der Waals surface area contributed by atoms with Gasteiger partial charge in [0, 0.05) is 31.6 Å².